The molecule has 11 heteroatoms. The fourth-order valence-electron chi connectivity index (χ4n) is 0. The van der Waals surface area contributed by atoms with Crippen molar-refractivity contribution in [1.29, 1.82) is 0 Å². The van der Waals surface area contributed by atoms with Crippen LogP contribution in [0.15, 0.2) is 0 Å². The summed E-state index contributed by atoms with van der Waals surface area (Å²) in [7, 11) is -5.39. The van der Waals surface area contributed by atoms with Crippen molar-refractivity contribution in [3.8, 4) is 0 Å². The quantitative estimate of drug-likeness (QED) is 0.310. The van der Waals surface area contributed by atoms with Gasteiger partial charge < -0.3 is 29.1 Å². The second-order valence-electron chi connectivity index (χ2n) is 0.939. The third-order valence-corrected chi connectivity index (χ3v) is 0. The Labute approximate surface area is 117 Å². The molecule has 0 heterocycles. The Balaban J connectivity index is -0.0000000146. The van der Waals surface area contributed by atoms with Crippen molar-refractivity contribution in [2.45, 2.75) is 6.92 Å². The van der Waals surface area contributed by atoms with Crippen LogP contribution in [0.2, 0.25) is 0 Å². The van der Waals surface area contributed by atoms with E-state index in [1.165, 1.54) is 0 Å². The zero-order valence-corrected chi connectivity index (χ0v) is 11.2. The molecular weight excluding hydrogens is 379 g/mol. The van der Waals surface area contributed by atoms with Crippen LogP contribution in [-0.2, 0) is 77.1 Å². The summed E-state index contributed by atoms with van der Waals surface area (Å²) in [6.07, 6.45) is 0. The molecule has 0 atom stereocenters. The van der Waals surface area contributed by atoms with E-state index in [0.717, 1.165) is 6.92 Å². The zero-order valence-electron chi connectivity index (χ0n) is 5.82. The molecular formula is C2H3Co2Mn2O6P+4. The maximum atomic E-state index is 8.89. The number of carboxylic acid groups (broad SMARTS) is 1. The molecule has 0 aromatic rings. The number of carbonyl (C=O) groups is 1. The van der Waals surface area contributed by atoms with Crippen LogP contribution in [0.25, 0.3) is 0 Å². The van der Waals surface area contributed by atoms with Gasteiger partial charge in [-0.15, -0.1) is 0 Å². The van der Waals surface area contributed by atoms with Crippen molar-refractivity contribution in [3.05, 3.63) is 0 Å². The van der Waals surface area contributed by atoms with Crippen LogP contribution in [0.4, 0.5) is 0 Å². The van der Waals surface area contributed by atoms with E-state index in [1.54, 1.807) is 0 Å². The van der Waals surface area contributed by atoms with Crippen LogP contribution in [0.5, 0.6) is 0 Å². The average Bonchev–Trinajstić information content (AvgIpc) is 1.19. The van der Waals surface area contributed by atoms with E-state index in [9.17, 15) is 0 Å². The van der Waals surface area contributed by atoms with Crippen LogP contribution >= 0.6 is 7.82 Å². The first-order valence-electron chi connectivity index (χ1n) is 1.64. The van der Waals surface area contributed by atoms with Crippen LogP contribution in [0.3, 0.4) is 0 Å². The minimum absolute atomic E-state index is 0. The van der Waals surface area contributed by atoms with Crippen LogP contribution < -0.4 is 19.8 Å². The van der Waals surface area contributed by atoms with E-state index in [2.05, 4.69) is 0 Å². The number of hydrogen-bond acceptors (Lipinski definition) is 6. The first-order valence-corrected chi connectivity index (χ1v) is 3.10. The molecule has 80 valence electrons. The van der Waals surface area contributed by atoms with Gasteiger partial charge in [0, 0.05) is 5.97 Å². The van der Waals surface area contributed by atoms with Gasteiger partial charge in [0.2, 0.25) is 0 Å². The van der Waals surface area contributed by atoms with Crippen LogP contribution in [-0.4, -0.2) is 5.97 Å². The molecule has 0 aliphatic rings. The molecule has 0 unspecified atom stereocenters. The van der Waals surface area contributed by atoms with Crippen molar-refractivity contribution in [1.82, 2.24) is 0 Å². The molecule has 0 aliphatic carbocycles. The van der Waals surface area contributed by atoms with Crippen molar-refractivity contribution in [2.24, 2.45) is 0 Å². The SMILES string of the molecule is CC(=O)[O-].O=P([O-])([O-])[O-].[Co+2].[Co+2].[Mn+2].[Mn+2]. The zero-order chi connectivity index (χ0) is 8.08. The Morgan fingerprint density at radius 2 is 1.08 bits per heavy atom. The second-order valence-corrected chi connectivity index (χ2v) is 1.83. The Kier molecular flexibility index (Phi) is 54.0. The summed E-state index contributed by atoms with van der Waals surface area (Å²) in [6, 6.07) is 0. The van der Waals surface area contributed by atoms with Gasteiger partial charge in [0.25, 0.3) is 0 Å². The van der Waals surface area contributed by atoms with E-state index in [4.69, 9.17) is 29.1 Å². The molecule has 0 spiro atoms. The summed E-state index contributed by atoms with van der Waals surface area (Å²) in [4.78, 5) is 34.5. The van der Waals surface area contributed by atoms with Crippen molar-refractivity contribution < 1.29 is 96.8 Å². The molecule has 0 aliphatic heterocycles. The van der Waals surface area contributed by atoms with Crippen molar-refractivity contribution in [2.75, 3.05) is 0 Å². The minimum Gasteiger partial charge on any atom is -0.822 e. The van der Waals surface area contributed by atoms with Gasteiger partial charge in [-0.05, 0) is 6.92 Å². The van der Waals surface area contributed by atoms with Gasteiger partial charge in [-0.25, -0.2) is 0 Å². The molecule has 0 bridgehead atoms. The van der Waals surface area contributed by atoms with Crippen LogP contribution in [0.1, 0.15) is 6.92 Å². The number of aliphatic carboxylic acids is 1. The fourth-order valence-corrected chi connectivity index (χ4v) is 0. The molecule has 6 nitrogen and oxygen atoms in total. The molecule has 0 fully saturated rings. The topological polar surface area (TPSA) is 126 Å². The second kappa shape index (κ2) is 19.2. The fraction of sp³-hybridized carbons (Fsp3) is 0.500. The van der Waals surface area contributed by atoms with Gasteiger partial charge in [-0.3, -0.25) is 0 Å². The third kappa shape index (κ3) is 693. The standard InChI is InChI=1S/C2H4O2.2Co.2Mn.H3O4P/c1-2(3)4;;;;;1-5(2,3)4/h1H3,(H,3,4);;;;;(H3,1,2,3,4)/q;4*+2;/p-4. The predicted octanol–water partition coefficient (Wildman–Crippen LogP) is -4.08. The van der Waals surface area contributed by atoms with Gasteiger partial charge in [0.15, 0.2) is 0 Å². The monoisotopic (exact) mass is 382 g/mol. The van der Waals surface area contributed by atoms with Gasteiger partial charge in [0.05, 0.1) is 0 Å². The molecule has 0 amide bonds. The number of phosphoric acid groups is 1. The number of carbonyl (C=O) groups excluding carboxylic acids is 1. The largest absolute Gasteiger partial charge is 2.00 e. The van der Waals surface area contributed by atoms with Gasteiger partial charge in [-0.2, -0.15) is 7.82 Å². The third-order valence-electron chi connectivity index (χ3n) is 0. The molecule has 0 saturated carbocycles. The first-order chi connectivity index (χ1) is 3.73. The Morgan fingerprint density at radius 3 is 1.08 bits per heavy atom. The average molecular weight is 382 g/mol. The summed E-state index contributed by atoms with van der Waals surface area (Å²) in [5, 5.41) is 8.89. The summed E-state index contributed by atoms with van der Waals surface area (Å²) in [6.45, 7) is 0.972. The molecule has 0 aromatic heterocycles. The molecule has 0 aromatic carbocycles. The smallest absolute Gasteiger partial charge is 0.822 e. The number of hydrogen-bond donors (Lipinski definition) is 0. The molecule has 0 saturated heterocycles. The van der Waals surface area contributed by atoms with E-state index < -0.39 is 13.8 Å². The van der Waals surface area contributed by atoms with E-state index >= 15 is 0 Å². The number of rotatable bonds is 0. The maximum Gasteiger partial charge on any atom is 2.00 e. The molecule has 4 radical (unpaired) electrons. The summed E-state index contributed by atoms with van der Waals surface area (Å²) < 4.78 is 8.55. The first kappa shape index (κ1) is 36.5. The Bertz CT molecular complexity index is 126. The maximum absolute atomic E-state index is 8.89. The van der Waals surface area contributed by atoms with Gasteiger partial charge >= 0.3 is 67.7 Å². The number of carboxylic acids is 1. The van der Waals surface area contributed by atoms with E-state index in [-0.39, 0.29) is 67.7 Å². The summed E-state index contributed by atoms with van der Waals surface area (Å²) in [5.41, 5.74) is 0. The molecule has 13 heavy (non-hydrogen) atoms. The Morgan fingerprint density at radius 1 is 1.08 bits per heavy atom. The van der Waals surface area contributed by atoms with Gasteiger partial charge in [0.1, 0.15) is 0 Å². The minimum atomic E-state index is -5.39. The summed E-state index contributed by atoms with van der Waals surface area (Å²) >= 11 is 0. The normalized spacial score (nSPS) is 6.46. The molecule has 0 rings (SSSR count). The van der Waals surface area contributed by atoms with Crippen molar-refractivity contribution in [3.63, 3.8) is 0 Å². The van der Waals surface area contributed by atoms with Gasteiger partial charge in [-0.1, -0.05) is 0 Å². The van der Waals surface area contributed by atoms with E-state index in [1.807, 2.05) is 0 Å². The Hall–Kier alpha value is 1.63. The van der Waals surface area contributed by atoms with E-state index in [0.29, 0.717) is 0 Å². The van der Waals surface area contributed by atoms with Crippen molar-refractivity contribution >= 4 is 13.8 Å². The predicted molar refractivity (Wildman–Crippen MR) is 18.3 cm³/mol. The summed E-state index contributed by atoms with van der Waals surface area (Å²) in [5.74, 6) is -1.08. The van der Waals surface area contributed by atoms with Crippen LogP contribution in [0, 0.1) is 0 Å². The molecule has 0 N–H and O–H groups in total.